The van der Waals surface area contributed by atoms with E-state index in [0.717, 1.165) is 18.7 Å². The summed E-state index contributed by atoms with van der Waals surface area (Å²) in [6.45, 7) is 0.935. The van der Waals surface area contributed by atoms with Gasteiger partial charge in [0.25, 0.3) is 0 Å². The Labute approximate surface area is 107 Å². The smallest absolute Gasteiger partial charge is 0.0992 e. The molecule has 0 atom stereocenters. The zero-order chi connectivity index (χ0) is 12.5. The molecule has 0 fully saturated rings. The van der Waals surface area contributed by atoms with Gasteiger partial charge in [0, 0.05) is 6.54 Å². The summed E-state index contributed by atoms with van der Waals surface area (Å²) in [6.07, 6.45) is 5.80. The molecule has 0 aliphatic rings. The fraction of sp³-hybridized carbons (Fsp3) is 0.462. The molecule has 1 aromatic carbocycles. The second-order valence-electron chi connectivity index (χ2n) is 3.89. The Balaban J connectivity index is 2.30. The molecule has 92 valence electrons. The van der Waals surface area contributed by atoms with Gasteiger partial charge in [-0.05, 0) is 43.0 Å². The number of nitrogen functional groups attached to an aromatic ring is 1. The van der Waals surface area contributed by atoms with E-state index in [1.165, 1.54) is 18.6 Å². The first-order valence-electron chi connectivity index (χ1n) is 5.80. The van der Waals surface area contributed by atoms with Crippen molar-refractivity contribution >= 4 is 23.1 Å². The van der Waals surface area contributed by atoms with E-state index in [0.29, 0.717) is 11.3 Å². The first kappa shape index (κ1) is 13.7. The van der Waals surface area contributed by atoms with Gasteiger partial charge in [-0.25, -0.2) is 0 Å². The highest BCUT2D eigenvalue weighted by atomic mass is 32.2. The maximum atomic E-state index is 8.72. The van der Waals surface area contributed by atoms with E-state index >= 15 is 0 Å². The summed E-state index contributed by atoms with van der Waals surface area (Å²) in [5.41, 5.74) is 8.02. The number of hydrogen-bond donors (Lipinski definition) is 2. The highest BCUT2D eigenvalue weighted by Crippen LogP contribution is 2.19. The van der Waals surface area contributed by atoms with Crippen LogP contribution in [0, 0.1) is 11.3 Å². The molecule has 0 saturated carbocycles. The molecule has 0 amide bonds. The van der Waals surface area contributed by atoms with Gasteiger partial charge in [-0.2, -0.15) is 17.0 Å². The summed E-state index contributed by atoms with van der Waals surface area (Å²) in [7, 11) is 0. The monoisotopic (exact) mass is 249 g/mol. The number of nitriles is 1. The normalized spacial score (nSPS) is 9.88. The zero-order valence-electron chi connectivity index (χ0n) is 10.2. The van der Waals surface area contributed by atoms with Crippen molar-refractivity contribution in [3.63, 3.8) is 0 Å². The van der Waals surface area contributed by atoms with Crippen molar-refractivity contribution in [3.05, 3.63) is 23.8 Å². The zero-order valence-corrected chi connectivity index (χ0v) is 11.0. The van der Waals surface area contributed by atoms with Crippen molar-refractivity contribution in [2.24, 2.45) is 0 Å². The standard InChI is InChI=1S/C13H19N3S/c1-17-8-4-2-3-7-16-13-6-5-11(10-14)9-12(13)15/h5-6,9,16H,2-4,7-8,15H2,1H3. The summed E-state index contributed by atoms with van der Waals surface area (Å²) in [4.78, 5) is 0. The van der Waals surface area contributed by atoms with Gasteiger partial charge >= 0.3 is 0 Å². The Kier molecular flexibility index (Phi) is 6.34. The number of thioether (sulfide) groups is 1. The lowest BCUT2D eigenvalue weighted by molar-refractivity contribution is 0.750. The van der Waals surface area contributed by atoms with Gasteiger partial charge in [-0.3, -0.25) is 0 Å². The molecule has 0 aliphatic heterocycles. The molecule has 0 bridgehead atoms. The Morgan fingerprint density at radius 2 is 2.18 bits per heavy atom. The Morgan fingerprint density at radius 1 is 1.35 bits per heavy atom. The third-order valence-electron chi connectivity index (χ3n) is 2.52. The topological polar surface area (TPSA) is 61.8 Å². The van der Waals surface area contributed by atoms with Crippen molar-refractivity contribution in [2.45, 2.75) is 19.3 Å². The van der Waals surface area contributed by atoms with E-state index in [1.54, 1.807) is 12.1 Å². The van der Waals surface area contributed by atoms with Crippen LogP contribution in [0.1, 0.15) is 24.8 Å². The van der Waals surface area contributed by atoms with Crippen LogP contribution in [-0.4, -0.2) is 18.6 Å². The summed E-state index contributed by atoms with van der Waals surface area (Å²) in [5.74, 6) is 1.24. The van der Waals surface area contributed by atoms with E-state index in [-0.39, 0.29) is 0 Å². The number of hydrogen-bond acceptors (Lipinski definition) is 4. The Hall–Kier alpha value is -1.34. The lowest BCUT2D eigenvalue weighted by atomic mass is 10.2. The van der Waals surface area contributed by atoms with Crippen LogP contribution in [0.15, 0.2) is 18.2 Å². The van der Waals surface area contributed by atoms with Crippen LogP contribution in [0.3, 0.4) is 0 Å². The van der Waals surface area contributed by atoms with Crippen molar-refractivity contribution in [1.29, 1.82) is 5.26 Å². The van der Waals surface area contributed by atoms with E-state index in [1.807, 2.05) is 17.8 Å². The summed E-state index contributed by atoms with van der Waals surface area (Å²) < 4.78 is 0. The van der Waals surface area contributed by atoms with Crippen LogP contribution in [0.2, 0.25) is 0 Å². The van der Waals surface area contributed by atoms with Crippen molar-refractivity contribution in [1.82, 2.24) is 0 Å². The minimum absolute atomic E-state index is 0.605. The third kappa shape index (κ3) is 5.01. The van der Waals surface area contributed by atoms with Crippen LogP contribution < -0.4 is 11.1 Å². The highest BCUT2D eigenvalue weighted by Gasteiger charge is 1.99. The number of anilines is 2. The molecule has 0 heterocycles. The minimum atomic E-state index is 0.605. The van der Waals surface area contributed by atoms with Crippen LogP contribution in [0.5, 0.6) is 0 Å². The molecule has 0 radical (unpaired) electrons. The number of unbranched alkanes of at least 4 members (excludes halogenated alkanes) is 2. The van der Waals surface area contributed by atoms with Crippen LogP contribution >= 0.6 is 11.8 Å². The first-order chi connectivity index (χ1) is 8.27. The molecule has 0 saturated heterocycles. The van der Waals surface area contributed by atoms with Crippen LogP contribution in [0.25, 0.3) is 0 Å². The molecule has 1 rings (SSSR count). The Morgan fingerprint density at radius 3 is 2.82 bits per heavy atom. The van der Waals surface area contributed by atoms with Gasteiger partial charge < -0.3 is 11.1 Å². The van der Waals surface area contributed by atoms with Gasteiger partial charge in [-0.1, -0.05) is 6.42 Å². The average molecular weight is 249 g/mol. The summed E-state index contributed by atoms with van der Waals surface area (Å²) in [5, 5.41) is 12.0. The molecule has 0 unspecified atom stereocenters. The predicted octanol–water partition coefficient (Wildman–Crippen LogP) is 3.09. The third-order valence-corrected chi connectivity index (χ3v) is 3.22. The fourth-order valence-corrected chi connectivity index (χ4v) is 2.06. The summed E-state index contributed by atoms with van der Waals surface area (Å²) in [6, 6.07) is 7.43. The molecule has 0 spiro atoms. The van der Waals surface area contributed by atoms with Gasteiger partial charge in [0.1, 0.15) is 0 Å². The maximum Gasteiger partial charge on any atom is 0.0992 e. The second-order valence-corrected chi connectivity index (χ2v) is 4.88. The number of nitrogens with one attached hydrogen (secondary N) is 1. The molecule has 0 aliphatic carbocycles. The SMILES string of the molecule is CSCCCCCNc1ccc(C#N)cc1N. The molecular formula is C13H19N3S. The molecule has 3 nitrogen and oxygen atoms in total. The minimum Gasteiger partial charge on any atom is -0.397 e. The number of nitrogens with two attached hydrogens (primary N) is 1. The van der Waals surface area contributed by atoms with Crippen molar-refractivity contribution in [2.75, 3.05) is 29.6 Å². The maximum absolute atomic E-state index is 8.72. The molecule has 3 N–H and O–H groups in total. The van der Waals surface area contributed by atoms with Gasteiger partial charge in [0.15, 0.2) is 0 Å². The molecule has 17 heavy (non-hydrogen) atoms. The summed E-state index contributed by atoms with van der Waals surface area (Å²) >= 11 is 1.89. The molecule has 1 aromatic rings. The van der Waals surface area contributed by atoms with Crippen molar-refractivity contribution < 1.29 is 0 Å². The van der Waals surface area contributed by atoms with E-state index < -0.39 is 0 Å². The average Bonchev–Trinajstić information content (AvgIpc) is 2.35. The lowest BCUT2D eigenvalue weighted by Gasteiger charge is -2.09. The molecular weight excluding hydrogens is 230 g/mol. The second kappa shape index (κ2) is 7.86. The number of rotatable bonds is 7. The Bertz CT molecular complexity index is 385. The van der Waals surface area contributed by atoms with E-state index in [9.17, 15) is 0 Å². The number of nitrogens with zero attached hydrogens (tertiary/aromatic N) is 1. The predicted molar refractivity (Wildman–Crippen MR) is 76.3 cm³/mol. The van der Waals surface area contributed by atoms with Gasteiger partial charge in [-0.15, -0.1) is 0 Å². The molecule has 0 aromatic heterocycles. The number of benzene rings is 1. The van der Waals surface area contributed by atoms with Gasteiger partial charge in [0.2, 0.25) is 0 Å². The molecule has 4 heteroatoms. The largest absolute Gasteiger partial charge is 0.397 e. The van der Waals surface area contributed by atoms with E-state index in [2.05, 4.69) is 17.6 Å². The lowest BCUT2D eigenvalue weighted by Crippen LogP contribution is -2.04. The van der Waals surface area contributed by atoms with E-state index in [4.69, 9.17) is 11.0 Å². The fourth-order valence-electron chi connectivity index (χ4n) is 1.56. The van der Waals surface area contributed by atoms with Crippen molar-refractivity contribution in [3.8, 4) is 6.07 Å². The highest BCUT2D eigenvalue weighted by molar-refractivity contribution is 7.98. The van der Waals surface area contributed by atoms with Crippen LogP contribution in [-0.2, 0) is 0 Å². The van der Waals surface area contributed by atoms with Crippen LogP contribution in [0.4, 0.5) is 11.4 Å². The first-order valence-corrected chi connectivity index (χ1v) is 7.19. The quantitative estimate of drug-likeness (QED) is 0.576. The van der Waals surface area contributed by atoms with Gasteiger partial charge in [0.05, 0.1) is 23.0 Å².